The van der Waals surface area contributed by atoms with Gasteiger partial charge in [0.05, 0.1) is 5.56 Å². The average molecular weight is 271 g/mol. The van der Waals surface area contributed by atoms with Gasteiger partial charge in [0.15, 0.2) is 0 Å². The Balaban J connectivity index is 2.31. The molecule has 106 valence electrons. The molecular formula is C16H21N3O. The highest BCUT2D eigenvalue weighted by atomic mass is 16.1. The first-order chi connectivity index (χ1) is 9.43. The van der Waals surface area contributed by atoms with Gasteiger partial charge in [0, 0.05) is 29.3 Å². The first kappa shape index (κ1) is 14.2. The minimum absolute atomic E-state index is 0.0912. The number of aryl methyl sites for hydroxylation is 2. The molecule has 4 nitrogen and oxygen atoms in total. The highest BCUT2D eigenvalue weighted by Gasteiger charge is 2.15. The second kappa shape index (κ2) is 5.41. The first-order valence-electron chi connectivity index (χ1n) is 6.78. The van der Waals surface area contributed by atoms with E-state index in [1.165, 1.54) is 0 Å². The second-order valence-electron chi connectivity index (χ2n) is 5.06. The fraction of sp³-hybridized carbons (Fsp3) is 0.312. The Kier molecular flexibility index (Phi) is 3.84. The van der Waals surface area contributed by atoms with Crippen LogP contribution in [0.4, 0.5) is 11.4 Å². The Bertz CT molecular complexity index is 656. The van der Waals surface area contributed by atoms with Crippen molar-refractivity contribution >= 4 is 17.3 Å². The Hall–Kier alpha value is -2.23. The molecule has 1 heterocycles. The largest absolute Gasteiger partial charge is 0.399 e. The van der Waals surface area contributed by atoms with Crippen LogP contribution in [0.25, 0.3) is 0 Å². The maximum absolute atomic E-state index is 12.4. The van der Waals surface area contributed by atoms with Crippen LogP contribution in [0.5, 0.6) is 0 Å². The van der Waals surface area contributed by atoms with Crippen molar-refractivity contribution in [3.8, 4) is 0 Å². The lowest BCUT2D eigenvalue weighted by Crippen LogP contribution is -2.14. The summed E-state index contributed by atoms with van der Waals surface area (Å²) in [5.41, 5.74) is 11.0. The van der Waals surface area contributed by atoms with Crippen molar-refractivity contribution < 1.29 is 4.79 Å². The summed E-state index contributed by atoms with van der Waals surface area (Å²) >= 11 is 0. The third kappa shape index (κ3) is 2.54. The summed E-state index contributed by atoms with van der Waals surface area (Å²) in [6.45, 7) is 8.87. The lowest BCUT2D eigenvalue weighted by atomic mass is 10.1. The van der Waals surface area contributed by atoms with Gasteiger partial charge in [-0.25, -0.2) is 0 Å². The number of nitrogens with two attached hydrogens (primary N) is 1. The molecule has 3 N–H and O–H groups in total. The Morgan fingerprint density at radius 3 is 2.55 bits per heavy atom. The fourth-order valence-electron chi connectivity index (χ4n) is 2.48. The van der Waals surface area contributed by atoms with Gasteiger partial charge in [-0.15, -0.1) is 0 Å². The van der Waals surface area contributed by atoms with Gasteiger partial charge in [-0.05, 0) is 51.5 Å². The van der Waals surface area contributed by atoms with Gasteiger partial charge < -0.3 is 15.6 Å². The van der Waals surface area contributed by atoms with Crippen LogP contribution in [0.15, 0.2) is 24.3 Å². The maximum atomic E-state index is 12.4. The van der Waals surface area contributed by atoms with E-state index in [1.807, 2.05) is 39.0 Å². The van der Waals surface area contributed by atoms with E-state index in [2.05, 4.69) is 16.8 Å². The third-order valence-electron chi connectivity index (χ3n) is 3.64. The van der Waals surface area contributed by atoms with E-state index in [0.29, 0.717) is 11.3 Å². The Morgan fingerprint density at radius 2 is 1.95 bits per heavy atom. The SMILES string of the molecule is CCn1c(C)cc(C(=O)Nc2cc(N)ccc2C)c1C. The van der Waals surface area contributed by atoms with E-state index in [0.717, 1.165) is 29.2 Å². The standard InChI is InChI=1S/C16H21N3O/c1-5-19-11(3)8-14(12(19)4)16(20)18-15-9-13(17)7-6-10(15)2/h6-9H,5,17H2,1-4H3,(H,18,20). The number of carbonyl (C=O) groups is 1. The summed E-state index contributed by atoms with van der Waals surface area (Å²) in [6.07, 6.45) is 0. The number of amides is 1. The Labute approximate surface area is 119 Å². The molecular weight excluding hydrogens is 250 g/mol. The van der Waals surface area contributed by atoms with Gasteiger partial charge in [-0.1, -0.05) is 6.07 Å². The molecule has 2 aromatic rings. The summed E-state index contributed by atoms with van der Waals surface area (Å²) < 4.78 is 2.13. The van der Waals surface area contributed by atoms with Crippen molar-refractivity contribution in [1.82, 2.24) is 4.57 Å². The highest BCUT2D eigenvalue weighted by molar-refractivity contribution is 6.05. The molecule has 0 aliphatic heterocycles. The molecule has 1 aromatic carbocycles. The quantitative estimate of drug-likeness (QED) is 0.842. The molecule has 0 saturated carbocycles. The van der Waals surface area contributed by atoms with Crippen molar-refractivity contribution in [3.05, 3.63) is 46.8 Å². The van der Waals surface area contributed by atoms with Gasteiger partial charge in [0.2, 0.25) is 0 Å². The molecule has 0 spiro atoms. The monoisotopic (exact) mass is 271 g/mol. The zero-order valence-electron chi connectivity index (χ0n) is 12.4. The van der Waals surface area contributed by atoms with E-state index in [4.69, 9.17) is 5.73 Å². The predicted octanol–water partition coefficient (Wildman–Crippen LogP) is 3.27. The van der Waals surface area contributed by atoms with Crippen molar-refractivity contribution in [2.75, 3.05) is 11.1 Å². The second-order valence-corrected chi connectivity index (χ2v) is 5.06. The molecule has 0 radical (unpaired) electrons. The zero-order chi connectivity index (χ0) is 14.9. The van der Waals surface area contributed by atoms with Gasteiger partial charge >= 0.3 is 0 Å². The zero-order valence-corrected chi connectivity index (χ0v) is 12.4. The van der Waals surface area contributed by atoms with Gasteiger partial charge in [-0.3, -0.25) is 4.79 Å². The molecule has 2 rings (SSSR count). The summed E-state index contributed by atoms with van der Waals surface area (Å²) in [6, 6.07) is 7.44. The number of anilines is 2. The van der Waals surface area contributed by atoms with Crippen molar-refractivity contribution in [2.24, 2.45) is 0 Å². The molecule has 1 amide bonds. The van der Waals surface area contributed by atoms with Crippen molar-refractivity contribution in [1.29, 1.82) is 0 Å². The van der Waals surface area contributed by atoms with E-state index >= 15 is 0 Å². The van der Waals surface area contributed by atoms with E-state index in [-0.39, 0.29) is 5.91 Å². The van der Waals surface area contributed by atoms with Crippen LogP contribution in [0.3, 0.4) is 0 Å². The number of aromatic nitrogens is 1. The fourth-order valence-corrected chi connectivity index (χ4v) is 2.48. The van der Waals surface area contributed by atoms with Crippen LogP contribution >= 0.6 is 0 Å². The lowest BCUT2D eigenvalue weighted by molar-refractivity contribution is 0.102. The summed E-state index contributed by atoms with van der Waals surface area (Å²) in [7, 11) is 0. The normalized spacial score (nSPS) is 10.6. The molecule has 0 saturated heterocycles. The molecule has 20 heavy (non-hydrogen) atoms. The minimum atomic E-state index is -0.0912. The number of rotatable bonds is 3. The van der Waals surface area contributed by atoms with Crippen LogP contribution in [0.2, 0.25) is 0 Å². The molecule has 0 unspecified atom stereocenters. The number of carbonyl (C=O) groups excluding carboxylic acids is 1. The predicted molar refractivity (Wildman–Crippen MR) is 83.1 cm³/mol. The van der Waals surface area contributed by atoms with E-state index < -0.39 is 0 Å². The number of nitrogens with one attached hydrogen (secondary N) is 1. The molecule has 0 fully saturated rings. The Morgan fingerprint density at radius 1 is 1.25 bits per heavy atom. The van der Waals surface area contributed by atoms with Crippen LogP contribution in [-0.2, 0) is 6.54 Å². The molecule has 0 bridgehead atoms. The summed E-state index contributed by atoms with van der Waals surface area (Å²) in [5, 5.41) is 2.94. The highest BCUT2D eigenvalue weighted by Crippen LogP contribution is 2.21. The third-order valence-corrected chi connectivity index (χ3v) is 3.64. The maximum Gasteiger partial charge on any atom is 0.257 e. The molecule has 1 aromatic heterocycles. The van der Waals surface area contributed by atoms with Crippen LogP contribution in [0, 0.1) is 20.8 Å². The molecule has 4 heteroatoms. The van der Waals surface area contributed by atoms with E-state index in [9.17, 15) is 4.79 Å². The lowest BCUT2D eigenvalue weighted by Gasteiger charge is -2.10. The number of hydrogen-bond acceptors (Lipinski definition) is 2. The van der Waals surface area contributed by atoms with Gasteiger partial charge in [0.1, 0.15) is 0 Å². The molecule has 0 aliphatic carbocycles. The number of nitrogen functional groups attached to an aromatic ring is 1. The average Bonchev–Trinajstić information content (AvgIpc) is 2.69. The summed E-state index contributed by atoms with van der Waals surface area (Å²) in [5.74, 6) is -0.0912. The van der Waals surface area contributed by atoms with Gasteiger partial charge in [-0.2, -0.15) is 0 Å². The topological polar surface area (TPSA) is 60.0 Å². The number of hydrogen-bond donors (Lipinski definition) is 2. The van der Waals surface area contributed by atoms with Crippen molar-refractivity contribution in [2.45, 2.75) is 34.2 Å². The van der Waals surface area contributed by atoms with Crippen molar-refractivity contribution in [3.63, 3.8) is 0 Å². The summed E-state index contributed by atoms with van der Waals surface area (Å²) in [4.78, 5) is 12.4. The molecule has 0 aliphatic rings. The smallest absolute Gasteiger partial charge is 0.257 e. The minimum Gasteiger partial charge on any atom is -0.399 e. The number of benzene rings is 1. The van der Waals surface area contributed by atoms with Crippen LogP contribution in [-0.4, -0.2) is 10.5 Å². The first-order valence-corrected chi connectivity index (χ1v) is 6.78. The number of nitrogens with zero attached hydrogens (tertiary/aromatic N) is 1. The van der Waals surface area contributed by atoms with Crippen LogP contribution < -0.4 is 11.1 Å². The molecule has 0 atom stereocenters. The van der Waals surface area contributed by atoms with E-state index in [1.54, 1.807) is 6.07 Å². The van der Waals surface area contributed by atoms with Gasteiger partial charge in [0.25, 0.3) is 5.91 Å². The van der Waals surface area contributed by atoms with Crippen LogP contribution in [0.1, 0.15) is 34.2 Å².